The molecule has 0 saturated carbocycles. The Balaban J connectivity index is 2.40. The third-order valence-corrected chi connectivity index (χ3v) is 4.09. The number of aromatic nitrogens is 1. The van der Waals surface area contributed by atoms with Gasteiger partial charge in [0.25, 0.3) is 0 Å². The van der Waals surface area contributed by atoms with Crippen LogP contribution in [0.3, 0.4) is 0 Å². The molecule has 96 valence electrons. The van der Waals surface area contributed by atoms with Crippen molar-refractivity contribution >= 4 is 47.2 Å². The monoisotopic (exact) mass is 307 g/mol. The predicted octanol–water partition coefficient (Wildman–Crippen LogP) is 4.57. The lowest BCUT2D eigenvalue weighted by Crippen LogP contribution is -1.93. The molecule has 0 aliphatic carbocycles. The van der Waals surface area contributed by atoms with E-state index in [1.54, 1.807) is 18.3 Å². The molecule has 6 heteroatoms. The SMILES string of the molecule is CCn1c(/N=C/c2ccc(Cl)cc2)c(C#N)sc1=S. The molecule has 0 saturated heterocycles. The molecule has 0 amide bonds. The molecule has 0 radical (unpaired) electrons. The van der Waals surface area contributed by atoms with Gasteiger partial charge in [0.05, 0.1) is 0 Å². The molecular formula is C13H10ClN3S2. The minimum atomic E-state index is 0.539. The molecule has 0 unspecified atom stereocenters. The molecule has 0 N–H and O–H groups in total. The third-order valence-electron chi connectivity index (χ3n) is 2.49. The van der Waals surface area contributed by atoms with Crippen molar-refractivity contribution in [3.8, 4) is 6.07 Å². The minimum Gasteiger partial charge on any atom is -0.307 e. The summed E-state index contributed by atoms with van der Waals surface area (Å²) in [5, 5.41) is 9.78. The molecule has 1 aromatic carbocycles. The van der Waals surface area contributed by atoms with E-state index >= 15 is 0 Å². The summed E-state index contributed by atoms with van der Waals surface area (Å²) in [6.07, 6.45) is 1.71. The molecule has 0 spiro atoms. The van der Waals surface area contributed by atoms with Crippen LogP contribution in [0, 0.1) is 15.3 Å². The maximum atomic E-state index is 9.09. The highest BCUT2D eigenvalue weighted by Gasteiger charge is 2.09. The summed E-state index contributed by atoms with van der Waals surface area (Å²) < 4.78 is 2.52. The molecule has 2 aromatic rings. The lowest BCUT2D eigenvalue weighted by molar-refractivity contribution is 0.766. The van der Waals surface area contributed by atoms with Crippen molar-refractivity contribution in [2.45, 2.75) is 13.5 Å². The summed E-state index contributed by atoms with van der Waals surface area (Å²) in [6.45, 7) is 2.68. The van der Waals surface area contributed by atoms with Gasteiger partial charge in [-0.05, 0) is 36.8 Å². The van der Waals surface area contributed by atoms with Crippen LogP contribution < -0.4 is 0 Å². The van der Waals surface area contributed by atoms with Crippen LogP contribution in [0.5, 0.6) is 0 Å². The van der Waals surface area contributed by atoms with Gasteiger partial charge in [-0.15, -0.1) is 0 Å². The highest BCUT2D eigenvalue weighted by molar-refractivity contribution is 7.73. The normalized spacial score (nSPS) is 10.8. The highest BCUT2D eigenvalue weighted by atomic mass is 35.5. The van der Waals surface area contributed by atoms with E-state index in [0.29, 0.717) is 26.2 Å². The Morgan fingerprint density at radius 1 is 1.47 bits per heavy atom. The van der Waals surface area contributed by atoms with E-state index in [4.69, 9.17) is 29.1 Å². The Hall–Kier alpha value is -1.48. The van der Waals surface area contributed by atoms with Gasteiger partial charge >= 0.3 is 0 Å². The Morgan fingerprint density at radius 3 is 2.74 bits per heavy atom. The van der Waals surface area contributed by atoms with Crippen molar-refractivity contribution in [2.24, 2.45) is 4.99 Å². The van der Waals surface area contributed by atoms with Crippen molar-refractivity contribution in [3.63, 3.8) is 0 Å². The fourth-order valence-corrected chi connectivity index (χ4v) is 2.95. The molecule has 1 heterocycles. The van der Waals surface area contributed by atoms with Crippen LogP contribution >= 0.6 is 35.2 Å². The van der Waals surface area contributed by atoms with E-state index in [-0.39, 0.29) is 0 Å². The number of halogens is 1. The van der Waals surface area contributed by atoms with Gasteiger partial charge in [0, 0.05) is 17.8 Å². The fraction of sp³-hybridized carbons (Fsp3) is 0.154. The zero-order valence-corrected chi connectivity index (χ0v) is 12.5. The molecular weight excluding hydrogens is 298 g/mol. The predicted molar refractivity (Wildman–Crippen MR) is 82.2 cm³/mol. The maximum Gasteiger partial charge on any atom is 0.164 e. The van der Waals surface area contributed by atoms with Crippen molar-refractivity contribution in [1.82, 2.24) is 4.57 Å². The lowest BCUT2D eigenvalue weighted by atomic mass is 10.2. The fourth-order valence-electron chi connectivity index (χ4n) is 1.56. The smallest absolute Gasteiger partial charge is 0.164 e. The molecule has 1 aromatic heterocycles. The van der Waals surface area contributed by atoms with Crippen LogP contribution in [0.2, 0.25) is 5.02 Å². The van der Waals surface area contributed by atoms with Crippen molar-refractivity contribution in [2.75, 3.05) is 0 Å². The minimum absolute atomic E-state index is 0.539. The van der Waals surface area contributed by atoms with Gasteiger partial charge in [-0.1, -0.05) is 35.1 Å². The van der Waals surface area contributed by atoms with Crippen molar-refractivity contribution < 1.29 is 0 Å². The average Bonchev–Trinajstić information content (AvgIpc) is 2.73. The van der Waals surface area contributed by atoms with Crippen LogP contribution in [0.1, 0.15) is 17.4 Å². The number of rotatable bonds is 3. The van der Waals surface area contributed by atoms with Crippen LogP contribution in [-0.2, 0) is 6.54 Å². The number of thiazole rings is 1. The highest BCUT2D eigenvalue weighted by Crippen LogP contribution is 2.26. The summed E-state index contributed by atoms with van der Waals surface area (Å²) >= 11 is 12.3. The molecule has 3 nitrogen and oxygen atoms in total. The Labute approximate surface area is 125 Å². The zero-order valence-electron chi connectivity index (χ0n) is 10.1. The van der Waals surface area contributed by atoms with Gasteiger partial charge < -0.3 is 4.57 Å². The molecule has 0 atom stereocenters. The van der Waals surface area contributed by atoms with Gasteiger partial charge in [-0.2, -0.15) is 5.26 Å². The Bertz CT molecular complexity index is 705. The first-order valence-electron chi connectivity index (χ1n) is 5.59. The molecule has 2 rings (SSSR count). The van der Waals surface area contributed by atoms with Gasteiger partial charge in [0.1, 0.15) is 6.07 Å². The van der Waals surface area contributed by atoms with E-state index in [2.05, 4.69) is 11.1 Å². The number of nitriles is 1. The second kappa shape index (κ2) is 6.11. The molecule has 0 bridgehead atoms. The van der Waals surface area contributed by atoms with E-state index in [0.717, 1.165) is 5.56 Å². The summed E-state index contributed by atoms with van der Waals surface area (Å²) in [6, 6.07) is 9.47. The van der Waals surface area contributed by atoms with E-state index in [1.165, 1.54) is 11.3 Å². The molecule has 0 aliphatic heterocycles. The van der Waals surface area contributed by atoms with Gasteiger partial charge in [0.15, 0.2) is 14.6 Å². The summed E-state index contributed by atoms with van der Waals surface area (Å²) in [5.74, 6) is 0.620. The van der Waals surface area contributed by atoms with Gasteiger partial charge in [-0.3, -0.25) is 0 Å². The van der Waals surface area contributed by atoms with Crippen molar-refractivity contribution in [3.05, 3.63) is 43.7 Å². The van der Waals surface area contributed by atoms with Crippen LogP contribution in [-0.4, -0.2) is 10.8 Å². The lowest BCUT2D eigenvalue weighted by Gasteiger charge is -2.00. The first-order chi connectivity index (χ1) is 9.15. The standard InChI is InChI=1S/C13H10ClN3S2/c1-2-17-12(11(7-15)19-13(17)18)16-8-9-3-5-10(14)6-4-9/h3-6,8H,2H2,1H3/b16-8+. The molecule has 0 fully saturated rings. The maximum absolute atomic E-state index is 9.09. The molecule has 0 aliphatic rings. The largest absolute Gasteiger partial charge is 0.307 e. The number of benzene rings is 1. The van der Waals surface area contributed by atoms with E-state index in [9.17, 15) is 0 Å². The molecule has 19 heavy (non-hydrogen) atoms. The summed E-state index contributed by atoms with van der Waals surface area (Å²) in [4.78, 5) is 4.92. The average molecular weight is 308 g/mol. The van der Waals surface area contributed by atoms with E-state index in [1.807, 2.05) is 23.6 Å². The van der Waals surface area contributed by atoms with Crippen LogP contribution in [0.4, 0.5) is 5.82 Å². The quantitative estimate of drug-likeness (QED) is 0.615. The van der Waals surface area contributed by atoms with Gasteiger partial charge in [-0.25, -0.2) is 4.99 Å². The summed E-state index contributed by atoms with van der Waals surface area (Å²) in [5.41, 5.74) is 0.924. The Morgan fingerprint density at radius 2 is 2.16 bits per heavy atom. The number of aliphatic imine (C=N–C) groups is 1. The zero-order chi connectivity index (χ0) is 13.8. The first kappa shape index (κ1) is 13.9. The first-order valence-corrected chi connectivity index (χ1v) is 7.19. The number of nitrogens with zero attached hydrogens (tertiary/aromatic N) is 3. The van der Waals surface area contributed by atoms with Crippen molar-refractivity contribution in [1.29, 1.82) is 5.26 Å². The second-order valence-corrected chi connectivity index (χ2v) is 5.77. The van der Waals surface area contributed by atoms with Gasteiger partial charge in [0.2, 0.25) is 0 Å². The van der Waals surface area contributed by atoms with Crippen LogP contribution in [0.25, 0.3) is 0 Å². The number of hydrogen-bond donors (Lipinski definition) is 0. The summed E-state index contributed by atoms with van der Waals surface area (Å²) in [7, 11) is 0. The Kier molecular flexibility index (Phi) is 4.48. The van der Waals surface area contributed by atoms with Crippen LogP contribution in [0.15, 0.2) is 29.3 Å². The number of hydrogen-bond acceptors (Lipinski definition) is 4. The van der Waals surface area contributed by atoms with E-state index < -0.39 is 0 Å². The third kappa shape index (κ3) is 3.10. The second-order valence-electron chi connectivity index (χ2n) is 3.69. The topological polar surface area (TPSA) is 41.1 Å².